The lowest BCUT2D eigenvalue weighted by Gasteiger charge is -2.38. The summed E-state index contributed by atoms with van der Waals surface area (Å²) in [7, 11) is -1.60. The highest BCUT2D eigenvalue weighted by Gasteiger charge is 2.40. The van der Waals surface area contributed by atoms with Gasteiger partial charge in [-0.15, -0.1) is 0 Å². The minimum absolute atomic E-state index is 0.162. The quantitative estimate of drug-likeness (QED) is 0.770. The molecule has 0 saturated heterocycles. The van der Waals surface area contributed by atoms with Crippen LogP contribution >= 0.6 is 7.80 Å². The molecule has 16 heavy (non-hydrogen) atoms. The van der Waals surface area contributed by atoms with E-state index in [2.05, 4.69) is 0 Å². The number of aliphatic hydroxyl groups excluding tert-OH is 1. The number of rotatable bonds is 3. The summed E-state index contributed by atoms with van der Waals surface area (Å²) in [5.74, 6) is 0. The molecule has 94 valence electrons. The Bertz CT molecular complexity index is 240. The SMILES string of the molecule is O=[PH](C1CCCCC1)C1(CO)CCCCC1. The molecule has 0 spiro atoms. The van der Waals surface area contributed by atoms with E-state index < -0.39 is 7.80 Å². The predicted octanol–water partition coefficient (Wildman–Crippen LogP) is 3.57. The lowest BCUT2D eigenvalue weighted by molar-refractivity contribution is 0.205. The largest absolute Gasteiger partial charge is 0.395 e. The molecule has 2 nitrogen and oxygen atoms in total. The smallest absolute Gasteiger partial charge is 0.0872 e. The Morgan fingerprint density at radius 3 is 2.12 bits per heavy atom. The topological polar surface area (TPSA) is 37.3 Å². The molecule has 0 aromatic heterocycles. The second-order valence-corrected chi connectivity index (χ2v) is 8.30. The van der Waals surface area contributed by atoms with Gasteiger partial charge in [0.25, 0.3) is 0 Å². The van der Waals surface area contributed by atoms with Gasteiger partial charge in [-0.1, -0.05) is 38.5 Å². The van der Waals surface area contributed by atoms with Gasteiger partial charge in [0.2, 0.25) is 0 Å². The van der Waals surface area contributed by atoms with Gasteiger partial charge in [0.05, 0.1) is 14.4 Å². The molecule has 2 rings (SSSR count). The van der Waals surface area contributed by atoms with Gasteiger partial charge in [-0.3, -0.25) is 0 Å². The zero-order valence-corrected chi connectivity index (χ0v) is 11.2. The molecule has 0 radical (unpaired) electrons. The maximum atomic E-state index is 12.7. The van der Waals surface area contributed by atoms with Gasteiger partial charge in [-0.05, 0) is 25.7 Å². The minimum Gasteiger partial charge on any atom is -0.395 e. The van der Waals surface area contributed by atoms with E-state index in [1.165, 1.54) is 38.5 Å². The third kappa shape index (κ3) is 2.54. The highest BCUT2D eigenvalue weighted by molar-refractivity contribution is 7.47. The van der Waals surface area contributed by atoms with Crippen LogP contribution in [0.1, 0.15) is 64.2 Å². The molecule has 1 atom stereocenters. The second kappa shape index (κ2) is 5.69. The summed E-state index contributed by atoms with van der Waals surface area (Å²) in [6.45, 7) is 0.168. The van der Waals surface area contributed by atoms with Crippen molar-refractivity contribution in [3.8, 4) is 0 Å². The van der Waals surface area contributed by atoms with Crippen molar-refractivity contribution in [2.24, 2.45) is 0 Å². The lowest BCUT2D eigenvalue weighted by Crippen LogP contribution is -2.35. The van der Waals surface area contributed by atoms with E-state index in [0.717, 1.165) is 25.7 Å². The Labute approximate surface area is 99.6 Å². The summed E-state index contributed by atoms with van der Waals surface area (Å²) in [5, 5.41) is 9.51. The molecule has 1 unspecified atom stereocenters. The van der Waals surface area contributed by atoms with Crippen LogP contribution in [0.15, 0.2) is 0 Å². The molecule has 2 fully saturated rings. The second-order valence-electron chi connectivity index (χ2n) is 5.70. The van der Waals surface area contributed by atoms with Gasteiger partial charge in [0.15, 0.2) is 0 Å². The molecule has 0 heterocycles. The number of hydrogen-bond acceptors (Lipinski definition) is 2. The van der Waals surface area contributed by atoms with Crippen molar-refractivity contribution in [3.63, 3.8) is 0 Å². The first kappa shape index (κ1) is 12.6. The fraction of sp³-hybridized carbons (Fsp3) is 1.00. The molecule has 0 aromatic carbocycles. The summed E-state index contributed by atoms with van der Waals surface area (Å²) in [5.41, 5.74) is 0.448. The van der Waals surface area contributed by atoms with Crippen molar-refractivity contribution >= 4 is 7.80 Å². The molecular weight excluding hydrogens is 219 g/mol. The van der Waals surface area contributed by atoms with Crippen LogP contribution in [0.2, 0.25) is 0 Å². The molecular formula is C13H25O2P. The van der Waals surface area contributed by atoms with Crippen molar-refractivity contribution in [1.29, 1.82) is 0 Å². The fourth-order valence-electron chi connectivity index (χ4n) is 3.51. The van der Waals surface area contributed by atoms with Crippen molar-refractivity contribution < 1.29 is 9.67 Å². The van der Waals surface area contributed by atoms with Gasteiger partial charge in [-0.25, -0.2) is 0 Å². The zero-order valence-electron chi connectivity index (χ0n) is 10.2. The van der Waals surface area contributed by atoms with E-state index in [4.69, 9.17) is 0 Å². The molecule has 3 heteroatoms. The molecule has 2 saturated carbocycles. The van der Waals surface area contributed by atoms with Gasteiger partial charge < -0.3 is 9.67 Å². The molecule has 2 aliphatic rings. The first-order valence-electron chi connectivity index (χ1n) is 6.94. The van der Waals surface area contributed by atoms with Crippen LogP contribution in [-0.2, 0) is 4.57 Å². The highest BCUT2D eigenvalue weighted by atomic mass is 31.1. The average Bonchev–Trinajstić information content (AvgIpc) is 2.39. The molecule has 0 amide bonds. The van der Waals surface area contributed by atoms with Crippen LogP contribution in [0.3, 0.4) is 0 Å². The van der Waals surface area contributed by atoms with E-state index in [1.54, 1.807) is 0 Å². The van der Waals surface area contributed by atoms with E-state index in [9.17, 15) is 9.67 Å². The third-order valence-electron chi connectivity index (χ3n) is 4.61. The predicted molar refractivity (Wildman–Crippen MR) is 68.8 cm³/mol. The first-order chi connectivity index (χ1) is 7.78. The summed E-state index contributed by atoms with van der Waals surface area (Å²) in [6.07, 6.45) is 11.8. The monoisotopic (exact) mass is 244 g/mol. The molecule has 0 aliphatic heterocycles. The van der Waals surface area contributed by atoms with E-state index in [0.29, 0.717) is 5.66 Å². The molecule has 0 bridgehead atoms. The van der Waals surface area contributed by atoms with Gasteiger partial charge in [0, 0.05) is 10.8 Å². The molecule has 1 N–H and O–H groups in total. The van der Waals surface area contributed by atoms with Crippen LogP contribution in [0.4, 0.5) is 0 Å². The Morgan fingerprint density at radius 2 is 1.56 bits per heavy atom. The Kier molecular flexibility index (Phi) is 4.49. The first-order valence-corrected chi connectivity index (χ1v) is 8.42. The van der Waals surface area contributed by atoms with Gasteiger partial charge in [-0.2, -0.15) is 0 Å². The highest BCUT2D eigenvalue weighted by Crippen LogP contribution is 2.54. The van der Waals surface area contributed by atoms with Crippen molar-refractivity contribution in [2.75, 3.05) is 6.61 Å². The van der Waals surface area contributed by atoms with Crippen molar-refractivity contribution in [2.45, 2.75) is 75.0 Å². The maximum absolute atomic E-state index is 12.7. The van der Waals surface area contributed by atoms with Crippen LogP contribution < -0.4 is 0 Å². The molecule has 2 aliphatic carbocycles. The fourth-order valence-corrected chi connectivity index (χ4v) is 6.31. The van der Waals surface area contributed by atoms with E-state index in [1.807, 2.05) is 0 Å². The molecule has 0 aromatic rings. The van der Waals surface area contributed by atoms with Crippen molar-refractivity contribution in [1.82, 2.24) is 0 Å². The minimum atomic E-state index is -1.60. The summed E-state index contributed by atoms with van der Waals surface area (Å²) in [4.78, 5) is 0. The van der Waals surface area contributed by atoms with Crippen LogP contribution in [0.5, 0.6) is 0 Å². The third-order valence-corrected chi connectivity index (χ3v) is 7.63. The summed E-state index contributed by atoms with van der Waals surface area (Å²) in [6, 6.07) is 0. The van der Waals surface area contributed by atoms with E-state index >= 15 is 0 Å². The van der Waals surface area contributed by atoms with Crippen LogP contribution in [0, 0.1) is 0 Å². The Hall–Kier alpha value is 0.190. The summed E-state index contributed by atoms with van der Waals surface area (Å²) >= 11 is 0. The number of hydrogen-bond donors (Lipinski definition) is 1. The standard InChI is InChI=1S/C13H25O2P/c14-11-13(9-5-2-6-10-13)16(15)12-7-3-1-4-8-12/h12,14,16H,1-11H2. The maximum Gasteiger partial charge on any atom is 0.0872 e. The number of aliphatic hydroxyl groups is 1. The van der Waals surface area contributed by atoms with E-state index in [-0.39, 0.29) is 11.8 Å². The normalized spacial score (nSPS) is 28.8. The van der Waals surface area contributed by atoms with Gasteiger partial charge in [0.1, 0.15) is 0 Å². The average molecular weight is 244 g/mol. The van der Waals surface area contributed by atoms with Crippen LogP contribution in [0.25, 0.3) is 0 Å². The van der Waals surface area contributed by atoms with Crippen LogP contribution in [-0.4, -0.2) is 22.5 Å². The Balaban J connectivity index is 2.04. The Morgan fingerprint density at radius 1 is 1.00 bits per heavy atom. The summed E-state index contributed by atoms with van der Waals surface area (Å²) < 4.78 is 12.7. The zero-order chi connectivity index (χ0) is 11.4. The van der Waals surface area contributed by atoms with Crippen molar-refractivity contribution in [3.05, 3.63) is 0 Å². The van der Waals surface area contributed by atoms with Gasteiger partial charge >= 0.3 is 0 Å². The lowest BCUT2D eigenvalue weighted by atomic mass is 9.89.